The molecule has 1 aromatic carbocycles. The van der Waals surface area contributed by atoms with Crippen molar-refractivity contribution in [1.29, 1.82) is 5.26 Å². The normalized spacial score (nSPS) is 17.9. The van der Waals surface area contributed by atoms with Crippen LogP contribution in [0.15, 0.2) is 18.2 Å². The third-order valence-corrected chi connectivity index (χ3v) is 4.90. The number of nitrogens with zero attached hydrogens (tertiary/aromatic N) is 1. The van der Waals surface area contributed by atoms with Crippen molar-refractivity contribution in [1.82, 2.24) is 0 Å². The molecule has 1 unspecified atom stereocenters. The molecule has 0 amide bonds. The average molecular weight is 251 g/mol. The Morgan fingerprint density at radius 3 is 2.71 bits per heavy atom. The van der Waals surface area contributed by atoms with Gasteiger partial charge in [0.15, 0.2) is 0 Å². The molecule has 17 heavy (non-hydrogen) atoms. The van der Waals surface area contributed by atoms with Crippen molar-refractivity contribution in [2.45, 2.75) is 36.7 Å². The van der Waals surface area contributed by atoms with Crippen LogP contribution in [-0.4, -0.2) is 9.46 Å². The van der Waals surface area contributed by atoms with Gasteiger partial charge in [0.25, 0.3) is 0 Å². The largest absolute Gasteiger partial charge is 0.259 e. The summed E-state index contributed by atoms with van der Waals surface area (Å²) in [4.78, 5) is 0. The minimum Gasteiger partial charge on any atom is -0.259 e. The van der Waals surface area contributed by atoms with E-state index in [0.717, 1.165) is 25.7 Å². The summed E-state index contributed by atoms with van der Waals surface area (Å²) in [6.07, 6.45) is 4.30. The van der Waals surface area contributed by atoms with E-state index in [1.165, 1.54) is 12.1 Å². The highest BCUT2D eigenvalue weighted by molar-refractivity contribution is 7.84. The second-order valence-electron chi connectivity index (χ2n) is 4.39. The van der Waals surface area contributed by atoms with Crippen LogP contribution < -0.4 is 0 Å². The zero-order valence-corrected chi connectivity index (χ0v) is 10.3. The second-order valence-corrected chi connectivity index (χ2v) is 6.11. The SMILES string of the molecule is N#Cc1cc(F)cc(CS(=O)C2CCCC2)c1. The minimum atomic E-state index is -0.941. The van der Waals surface area contributed by atoms with Crippen molar-refractivity contribution in [2.24, 2.45) is 0 Å². The van der Waals surface area contributed by atoms with E-state index in [-0.39, 0.29) is 5.25 Å². The Morgan fingerprint density at radius 2 is 2.06 bits per heavy atom. The average Bonchev–Trinajstić information content (AvgIpc) is 2.81. The fourth-order valence-electron chi connectivity index (χ4n) is 2.23. The van der Waals surface area contributed by atoms with E-state index >= 15 is 0 Å². The van der Waals surface area contributed by atoms with E-state index in [0.29, 0.717) is 16.9 Å². The molecule has 2 rings (SSSR count). The van der Waals surface area contributed by atoms with E-state index < -0.39 is 16.6 Å². The van der Waals surface area contributed by atoms with Crippen LogP contribution in [-0.2, 0) is 16.6 Å². The molecule has 1 fully saturated rings. The summed E-state index contributed by atoms with van der Waals surface area (Å²) >= 11 is 0. The smallest absolute Gasteiger partial charge is 0.124 e. The Labute approximate surface area is 103 Å². The molecule has 0 heterocycles. The third kappa shape index (κ3) is 3.13. The summed E-state index contributed by atoms with van der Waals surface area (Å²) in [7, 11) is -0.941. The zero-order valence-electron chi connectivity index (χ0n) is 9.49. The van der Waals surface area contributed by atoms with Crippen molar-refractivity contribution in [3.63, 3.8) is 0 Å². The van der Waals surface area contributed by atoms with Crippen LogP contribution in [0.1, 0.15) is 36.8 Å². The van der Waals surface area contributed by atoms with Gasteiger partial charge in [0.1, 0.15) is 5.82 Å². The first-order valence-corrected chi connectivity index (χ1v) is 7.14. The highest BCUT2D eigenvalue weighted by atomic mass is 32.2. The fourth-order valence-corrected chi connectivity index (χ4v) is 3.82. The maximum atomic E-state index is 13.2. The molecule has 1 aliphatic rings. The predicted molar refractivity (Wildman–Crippen MR) is 65.2 cm³/mol. The molecule has 0 N–H and O–H groups in total. The quantitative estimate of drug-likeness (QED) is 0.828. The fraction of sp³-hybridized carbons (Fsp3) is 0.462. The lowest BCUT2D eigenvalue weighted by atomic mass is 10.1. The molecule has 1 aliphatic carbocycles. The molecule has 0 radical (unpaired) electrons. The molecule has 0 aliphatic heterocycles. The Kier molecular flexibility index (Phi) is 3.90. The number of halogens is 1. The van der Waals surface area contributed by atoms with Crippen LogP contribution in [0, 0.1) is 17.1 Å². The Hall–Kier alpha value is -1.21. The third-order valence-electron chi connectivity index (χ3n) is 3.07. The lowest BCUT2D eigenvalue weighted by Crippen LogP contribution is -2.12. The van der Waals surface area contributed by atoms with E-state index in [2.05, 4.69) is 0 Å². The monoisotopic (exact) mass is 251 g/mol. The Balaban J connectivity index is 2.10. The van der Waals surface area contributed by atoms with Gasteiger partial charge >= 0.3 is 0 Å². The lowest BCUT2D eigenvalue weighted by Gasteiger charge is -2.09. The van der Waals surface area contributed by atoms with E-state index in [4.69, 9.17) is 5.26 Å². The van der Waals surface area contributed by atoms with Gasteiger partial charge in [-0.2, -0.15) is 5.26 Å². The maximum absolute atomic E-state index is 13.2. The summed E-state index contributed by atoms with van der Waals surface area (Å²) in [6.45, 7) is 0. The van der Waals surface area contributed by atoms with Gasteiger partial charge in [0.2, 0.25) is 0 Å². The molecule has 0 spiro atoms. The topological polar surface area (TPSA) is 40.9 Å². The summed E-state index contributed by atoms with van der Waals surface area (Å²) in [5, 5.41) is 8.99. The van der Waals surface area contributed by atoms with Crippen molar-refractivity contribution >= 4 is 10.8 Å². The van der Waals surface area contributed by atoms with Crippen LogP contribution in [0.4, 0.5) is 4.39 Å². The maximum Gasteiger partial charge on any atom is 0.124 e. The summed E-state index contributed by atoms with van der Waals surface area (Å²) in [5.41, 5.74) is 0.954. The summed E-state index contributed by atoms with van der Waals surface area (Å²) < 4.78 is 25.2. The Morgan fingerprint density at radius 1 is 1.35 bits per heavy atom. The van der Waals surface area contributed by atoms with Crippen molar-refractivity contribution < 1.29 is 8.60 Å². The van der Waals surface area contributed by atoms with E-state index in [9.17, 15) is 8.60 Å². The number of nitriles is 1. The van der Waals surface area contributed by atoms with Gasteiger partial charge in [0.05, 0.1) is 11.6 Å². The molecule has 4 heteroatoms. The van der Waals surface area contributed by atoms with Crippen LogP contribution >= 0.6 is 0 Å². The number of benzene rings is 1. The molecule has 90 valence electrons. The lowest BCUT2D eigenvalue weighted by molar-refractivity contribution is 0.625. The van der Waals surface area contributed by atoms with Gasteiger partial charge in [-0.1, -0.05) is 12.8 Å². The summed E-state index contributed by atoms with van der Waals surface area (Å²) in [5.74, 6) is -0.0700. The van der Waals surface area contributed by atoms with Crippen LogP contribution in [0.25, 0.3) is 0 Å². The zero-order chi connectivity index (χ0) is 12.3. The number of hydrogen-bond donors (Lipinski definition) is 0. The highest BCUT2D eigenvalue weighted by Gasteiger charge is 2.21. The molecule has 0 bridgehead atoms. The molecule has 2 nitrogen and oxygen atoms in total. The van der Waals surface area contributed by atoms with Gasteiger partial charge < -0.3 is 0 Å². The van der Waals surface area contributed by atoms with Gasteiger partial charge in [0, 0.05) is 21.8 Å². The van der Waals surface area contributed by atoms with Crippen molar-refractivity contribution in [3.8, 4) is 6.07 Å². The molecular formula is C13H14FNOS. The standard InChI is InChI=1S/C13H14FNOS/c14-12-6-10(8-15)5-11(7-12)9-17(16)13-3-1-2-4-13/h5-7,13H,1-4,9H2. The Bertz CT molecular complexity index is 475. The van der Waals surface area contributed by atoms with Crippen molar-refractivity contribution in [2.75, 3.05) is 0 Å². The first-order valence-electron chi connectivity index (χ1n) is 5.76. The number of hydrogen-bond acceptors (Lipinski definition) is 2. The molecular weight excluding hydrogens is 237 g/mol. The first kappa shape index (κ1) is 12.3. The number of rotatable bonds is 3. The highest BCUT2D eigenvalue weighted by Crippen LogP contribution is 2.25. The molecule has 1 saturated carbocycles. The van der Waals surface area contributed by atoms with Gasteiger partial charge in [-0.15, -0.1) is 0 Å². The summed E-state index contributed by atoms with van der Waals surface area (Å²) in [6, 6.07) is 6.10. The minimum absolute atomic E-state index is 0.254. The van der Waals surface area contributed by atoms with Crippen LogP contribution in [0.2, 0.25) is 0 Å². The van der Waals surface area contributed by atoms with Gasteiger partial charge in [-0.25, -0.2) is 4.39 Å². The van der Waals surface area contributed by atoms with Crippen molar-refractivity contribution in [3.05, 3.63) is 35.1 Å². The molecule has 1 atom stereocenters. The first-order chi connectivity index (χ1) is 8.19. The van der Waals surface area contributed by atoms with E-state index in [1.807, 2.05) is 6.07 Å². The van der Waals surface area contributed by atoms with Gasteiger partial charge in [-0.3, -0.25) is 4.21 Å². The van der Waals surface area contributed by atoms with E-state index in [1.54, 1.807) is 6.07 Å². The molecule has 1 aromatic rings. The molecule has 0 aromatic heterocycles. The second kappa shape index (κ2) is 5.42. The van der Waals surface area contributed by atoms with Crippen LogP contribution in [0.3, 0.4) is 0 Å². The molecule has 0 saturated heterocycles. The van der Waals surface area contributed by atoms with Crippen LogP contribution in [0.5, 0.6) is 0 Å². The van der Waals surface area contributed by atoms with Gasteiger partial charge in [-0.05, 0) is 36.6 Å². The predicted octanol–water partition coefficient (Wildman–Crippen LogP) is 2.89.